The molecule has 1 rings (SSSR count). The van der Waals surface area contributed by atoms with Crippen molar-refractivity contribution in [3.63, 3.8) is 0 Å². The van der Waals surface area contributed by atoms with Crippen molar-refractivity contribution in [2.45, 2.75) is 19.9 Å². The minimum absolute atomic E-state index is 0.0440. The Hall–Kier alpha value is -0.450. The van der Waals surface area contributed by atoms with E-state index in [2.05, 4.69) is 20.9 Å². The van der Waals surface area contributed by atoms with Gasteiger partial charge in [-0.3, -0.25) is 0 Å². The number of hydrogen-bond donors (Lipinski definition) is 2. The number of aliphatic hydroxyl groups excluding tert-OH is 1. The fraction of sp³-hybridized carbons (Fsp3) is 0.500. The van der Waals surface area contributed by atoms with Crippen molar-refractivity contribution in [3.05, 3.63) is 28.5 Å². The van der Waals surface area contributed by atoms with Gasteiger partial charge in [0.25, 0.3) is 0 Å². The van der Waals surface area contributed by atoms with E-state index in [1.165, 1.54) is 0 Å². The van der Waals surface area contributed by atoms with E-state index in [9.17, 15) is 5.11 Å². The molecule has 0 amide bonds. The molecule has 1 unspecified atom stereocenters. The lowest BCUT2D eigenvalue weighted by Gasteiger charge is -2.28. The van der Waals surface area contributed by atoms with Crippen molar-refractivity contribution in [1.29, 1.82) is 0 Å². The van der Waals surface area contributed by atoms with Gasteiger partial charge in [0.2, 0.25) is 0 Å². The average molecular weight is 259 g/mol. The number of hydrogen-bond acceptors (Lipinski definition) is 3. The zero-order valence-electron chi connectivity index (χ0n) is 8.37. The molecule has 0 fully saturated rings. The molecule has 0 bridgehead atoms. The van der Waals surface area contributed by atoms with Gasteiger partial charge in [-0.15, -0.1) is 0 Å². The summed E-state index contributed by atoms with van der Waals surface area (Å²) in [5.74, 6) is 0. The van der Waals surface area contributed by atoms with Crippen LogP contribution in [0.1, 0.15) is 25.6 Å². The molecular weight excluding hydrogens is 244 g/mol. The Morgan fingerprint density at radius 2 is 2.21 bits per heavy atom. The highest BCUT2D eigenvalue weighted by molar-refractivity contribution is 9.10. The predicted molar refractivity (Wildman–Crippen MR) is 59.7 cm³/mol. The second kappa shape index (κ2) is 4.38. The molecule has 0 saturated carbocycles. The van der Waals surface area contributed by atoms with Crippen molar-refractivity contribution < 1.29 is 5.11 Å². The van der Waals surface area contributed by atoms with Gasteiger partial charge in [-0.25, -0.2) is 4.98 Å². The van der Waals surface area contributed by atoms with E-state index in [-0.39, 0.29) is 18.1 Å². The first kappa shape index (κ1) is 11.6. The standard InChI is InChI=1S/C10H15BrN2O/c1-10(2,6-14)9(12)7-4-3-5-8(11)13-7/h3-5,9,14H,6,12H2,1-2H3. The van der Waals surface area contributed by atoms with E-state index in [1.807, 2.05) is 32.0 Å². The van der Waals surface area contributed by atoms with E-state index >= 15 is 0 Å². The molecule has 0 aliphatic heterocycles. The van der Waals surface area contributed by atoms with E-state index in [1.54, 1.807) is 0 Å². The summed E-state index contributed by atoms with van der Waals surface area (Å²) in [5, 5.41) is 9.18. The van der Waals surface area contributed by atoms with E-state index in [4.69, 9.17) is 5.73 Å². The molecule has 0 aliphatic carbocycles. The van der Waals surface area contributed by atoms with Gasteiger partial charge in [-0.2, -0.15) is 0 Å². The molecule has 0 aromatic carbocycles. The highest BCUT2D eigenvalue weighted by Gasteiger charge is 2.27. The highest BCUT2D eigenvalue weighted by Crippen LogP contribution is 2.29. The van der Waals surface area contributed by atoms with Crippen LogP contribution in [0.2, 0.25) is 0 Å². The fourth-order valence-corrected chi connectivity index (χ4v) is 1.45. The Morgan fingerprint density at radius 3 is 2.71 bits per heavy atom. The van der Waals surface area contributed by atoms with Crippen LogP contribution in [-0.2, 0) is 0 Å². The first-order chi connectivity index (χ1) is 6.47. The highest BCUT2D eigenvalue weighted by atomic mass is 79.9. The topological polar surface area (TPSA) is 59.1 Å². The summed E-state index contributed by atoms with van der Waals surface area (Å²) in [6.07, 6.45) is 0. The Balaban J connectivity index is 2.94. The van der Waals surface area contributed by atoms with Gasteiger partial charge in [-0.05, 0) is 28.1 Å². The summed E-state index contributed by atoms with van der Waals surface area (Å²) in [7, 11) is 0. The van der Waals surface area contributed by atoms with E-state index < -0.39 is 0 Å². The second-order valence-corrected chi connectivity index (χ2v) is 4.82. The largest absolute Gasteiger partial charge is 0.396 e. The summed E-state index contributed by atoms with van der Waals surface area (Å²) >= 11 is 3.29. The van der Waals surface area contributed by atoms with Crippen LogP contribution in [-0.4, -0.2) is 16.7 Å². The van der Waals surface area contributed by atoms with Crippen molar-refractivity contribution >= 4 is 15.9 Å². The summed E-state index contributed by atoms with van der Waals surface area (Å²) < 4.78 is 0.763. The lowest BCUT2D eigenvalue weighted by molar-refractivity contribution is 0.130. The summed E-state index contributed by atoms with van der Waals surface area (Å²) in [5.41, 5.74) is 6.45. The lowest BCUT2D eigenvalue weighted by atomic mass is 9.84. The van der Waals surface area contributed by atoms with Crippen LogP contribution in [0.3, 0.4) is 0 Å². The maximum absolute atomic E-state index is 9.18. The molecule has 0 aliphatic rings. The van der Waals surface area contributed by atoms with Crippen LogP contribution >= 0.6 is 15.9 Å². The third kappa shape index (κ3) is 2.53. The number of nitrogens with two attached hydrogens (primary N) is 1. The van der Waals surface area contributed by atoms with Gasteiger partial charge < -0.3 is 10.8 Å². The number of aromatic nitrogens is 1. The molecule has 0 spiro atoms. The Labute approximate surface area is 92.5 Å². The van der Waals surface area contributed by atoms with Crippen LogP contribution < -0.4 is 5.73 Å². The van der Waals surface area contributed by atoms with Gasteiger partial charge in [0, 0.05) is 5.41 Å². The van der Waals surface area contributed by atoms with Gasteiger partial charge in [0.1, 0.15) is 4.60 Å². The summed E-state index contributed by atoms with van der Waals surface area (Å²) in [6.45, 7) is 3.88. The van der Waals surface area contributed by atoms with E-state index in [0.717, 1.165) is 10.3 Å². The van der Waals surface area contributed by atoms with Gasteiger partial charge in [-0.1, -0.05) is 19.9 Å². The Morgan fingerprint density at radius 1 is 1.57 bits per heavy atom. The number of pyridine rings is 1. The minimum atomic E-state index is -0.353. The molecule has 14 heavy (non-hydrogen) atoms. The molecule has 1 atom stereocenters. The summed E-state index contributed by atoms with van der Waals surface area (Å²) in [6, 6.07) is 5.35. The van der Waals surface area contributed by atoms with Crippen LogP contribution in [0.5, 0.6) is 0 Å². The summed E-state index contributed by atoms with van der Waals surface area (Å²) in [4.78, 5) is 4.27. The Bertz CT molecular complexity index is 315. The third-order valence-electron chi connectivity index (χ3n) is 2.30. The lowest BCUT2D eigenvalue weighted by Crippen LogP contribution is -2.33. The molecule has 3 N–H and O–H groups in total. The molecule has 0 radical (unpaired) electrons. The SMILES string of the molecule is CC(C)(CO)C(N)c1cccc(Br)n1. The zero-order chi connectivity index (χ0) is 10.8. The smallest absolute Gasteiger partial charge is 0.106 e. The molecule has 1 aromatic heterocycles. The van der Waals surface area contributed by atoms with Crippen molar-refractivity contribution in [2.75, 3.05) is 6.61 Å². The van der Waals surface area contributed by atoms with Crippen LogP contribution in [0.4, 0.5) is 0 Å². The molecule has 0 saturated heterocycles. The molecule has 3 nitrogen and oxygen atoms in total. The average Bonchev–Trinajstić information content (AvgIpc) is 2.16. The second-order valence-electron chi connectivity index (χ2n) is 4.01. The zero-order valence-corrected chi connectivity index (χ0v) is 9.95. The Kier molecular flexibility index (Phi) is 3.64. The fourth-order valence-electron chi connectivity index (χ4n) is 1.10. The molecule has 1 heterocycles. The number of nitrogens with zero attached hydrogens (tertiary/aromatic N) is 1. The van der Waals surface area contributed by atoms with E-state index in [0.29, 0.717) is 0 Å². The third-order valence-corrected chi connectivity index (χ3v) is 2.75. The predicted octanol–water partition coefficient (Wildman–Crippen LogP) is 1.86. The number of aliphatic hydroxyl groups is 1. The molecule has 4 heteroatoms. The van der Waals surface area contributed by atoms with Gasteiger partial charge >= 0.3 is 0 Å². The minimum Gasteiger partial charge on any atom is -0.396 e. The van der Waals surface area contributed by atoms with Crippen molar-refractivity contribution in [2.24, 2.45) is 11.1 Å². The van der Waals surface area contributed by atoms with Crippen LogP contribution in [0, 0.1) is 5.41 Å². The normalized spacial score (nSPS) is 14.1. The molecular formula is C10H15BrN2O. The maximum atomic E-state index is 9.18. The first-order valence-electron chi connectivity index (χ1n) is 4.46. The van der Waals surface area contributed by atoms with Crippen molar-refractivity contribution in [3.8, 4) is 0 Å². The quantitative estimate of drug-likeness (QED) is 0.814. The van der Waals surface area contributed by atoms with Crippen LogP contribution in [0.25, 0.3) is 0 Å². The van der Waals surface area contributed by atoms with Crippen molar-refractivity contribution in [1.82, 2.24) is 4.98 Å². The monoisotopic (exact) mass is 258 g/mol. The van der Waals surface area contributed by atoms with Gasteiger partial charge in [0.05, 0.1) is 18.3 Å². The number of rotatable bonds is 3. The van der Waals surface area contributed by atoms with Gasteiger partial charge in [0.15, 0.2) is 0 Å². The number of halogens is 1. The van der Waals surface area contributed by atoms with Crippen LogP contribution in [0.15, 0.2) is 22.8 Å². The molecule has 78 valence electrons. The first-order valence-corrected chi connectivity index (χ1v) is 5.25. The maximum Gasteiger partial charge on any atom is 0.106 e. The molecule has 1 aromatic rings.